The molecule has 3 nitrogen and oxygen atoms in total. The second-order valence-electron chi connectivity index (χ2n) is 2.60. The fourth-order valence-corrected chi connectivity index (χ4v) is 1.40. The Kier molecular flexibility index (Phi) is 6.32. The number of hydrogen-bond donors (Lipinski definition) is 0. The molecular weight excluding hydrogens is 188 g/mol. The molecule has 13 heavy (non-hydrogen) atoms. The van der Waals surface area contributed by atoms with Crippen molar-refractivity contribution in [2.45, 2.75) is 20.3 Å². The molecule has 0 aromatic rings. The van der Waals surface area contributed by atoms with Gasteiger partial charge in [0.15, 0.2) is 5.12 Å². The summed E-state index contributed by atoms with van der Waals surface area (Å²) >= 11 is 1.26. The van der Waals surface area contributed by atoms with Crippen molar-refractivity contribution in [2.24, 2.45) is 0 Å². The SMILES string of the molecule is COC(=O)/C=C(/C)CCSC(C)=O. The number of allylic oxidation sites excluding steroid dienone is 1. The van der Waals surface area contributed by atoms with Crippen LogP contribution in [0.2, 0.25) is 0 Å². The first-order valence-electron chi connectivity index (χ1n) is 3.94. The highest BCUT2D eigenvalue weighted by atomic mass is 32.2. The predicted molar refractivity (Wildman–Crippen MR) is 53.5 cm³/mol. The lowest BCUT2D eigenvalue weighted by atomic mass is 10.2. The number of thioether (sulfide) groups is 1. The van der Waals surface area contributed by atoms with Crippen molar-refractivity contribution in [3.05, 3.63) is 11.6 Å². The molecule has 0 heterocycles. The molecule has 0 saturated heterocycles. The molecule has 0 radical (unpaired) electrons. The van der Waals surface area contributed by atoms with Gasteiger partial charge in [-0.1, -0.05) is 17.3 Å². The van der Waals surface area contributed by atoms with Crippen LogP contribution in [0.25, 0.3) is 0 Å². The van der Waals surface area contributed by atoms with Gasteiger partial charge in [-0.2, -0.15) is 0 Å². The molecule has 0 fully saturated rings. The summed E-state index contributed by atoms with van der Waals surface area (Å²) < 4.78 is 4.46. The molecule has 0 saturated carbocycles. The van der Waals surface area contributed by atoms with Gasteiger partial charge in [-0.25, -0.2) is 4.79 Å². The summed E-state index contributed by atoms with van der Waals surface area (Å²) in [7, 11) is 1.34. The minimum Gasteiger partial charge on any atom is -0.466 e. The van der Waals surface area contributed by atoms with E-state index in [0.29, 0.717) is 5.75 Å². The van der Waals surface area contributed by atoms with E-state index in [4.69, 9.17) is 0 Å². The Hall–Kier alpha value is -0.770. The van der Waals surface area contributed by atoms with Crippen molar-refractivity contribution >= 4 is 22.8 Å². The average Bonchev–Trinajstić information content (AvgIpc) is 2.03. The van der Waals surface area contributed by atoms with E-state index in [1.54, 1.807) is 0 Å². The quantitative estimate of drug-likeness (QED) is 0.515. The van der Waals surface area contributed by atoms with Crippen LogP contribution in [0.15, 0.2) is 11.6 Å². The van der Waals surface area contributed by atoms with E-state index in [1.165, 1.54) is 31.9 Å². The first kappa shape index (κ1) is 12.2. The Bertz CT molecular complexity index is 221. The third-order valence-corrected chi connectivity index (χ3v) is 2.18. The zero-order valence-corrected chi connectivity index (χ0v) is 8.94. The molecule has 74 valence electrons. The van der Waals surface area contributed by atoms with Crippen molar-refractivity contribution in [1.29, 1.82) is 0 Å². The van der Waals surface area contributed by atoms with Gasteiger partial charge in [-0.05, 0) is 13.3 Å². The van der Waals surface area contributed by atoms with E-state index in [-0.39, 0.29) is 11.1 Å². The minimum atomic E-state index is -0.342. The number of hydrogen-bond acceptors (Lipinski definition) is 4. The van der Waals surface area contributed by atoms with E-state index >= 15 is 0 Å². The Morgan fingerprint density at radius 2 is 2.00 bits per heavy atom. The summed E-state index contributed by atoms with van der Waals surface area (Å²) in [6, 6.07) is 0. The van der Waals surface area contributed by atoms with E-state index < -0.39 is 0 Å². The number of rotatable bonds is 4. The van der Waals surface area contributed by atoms with Crippen LogP contribution in [-0.2, 0) is 14.3 Å². The lowest BCUT2D eigenvalue weighted by Crippen LogP contribution is -1.96. The van der Waals surface area contributed by atoms with Gasteiger partial charge in [-0.15, -0.1) is 0 Å². The van der Waals surface area contributed by atoms with Crippen LogP contribution in [0.1, 0.15) is 20.3 Å². The molecule has 0 spiro atoms. The van der Waals surface area contributed by atoms with Crippen LogP contribution < -0.4 is 0 Å². The van der Waals surface area contributed by atoms with Gasteiger partial charge in [0.05, 0.1) is 7.11 Å². The molecular formula is C9H14O3S. The summed E-state index contributed by atoms with van der Waals surface area (Å²) in [5, 5.41) is 0.103. The summed E-state index contributed by atoms with van der Waals surface area (Å²) in [6.07, 6.45) is 2.18. The zero-order chi connectivity index (χ0) is 10.3. The van der Waals surface area contributed by atoms with Crippen LogP contribution in [-0.4, -0.2) is 23.9 Å². The number of carbonyl (C=O) groups is 2. The minimum absolute atomic E-state index is 0.103. The third-order valence-electron chi connectivity index (χ3n) is 1.37. The smallest absolute Gasteiger partial charge is 0.330 e. The van der Waals surface area contributed by atoms with Crippen molar-refractivity contribution in [1.82, 2.24) is 0 Å². The lowest BCUT2D eigenvalue weighted by Gasteiger charge is -1.98. The zero-order valence-electron chi connectivity index (χ0n) is 8.12. The van der Waals surface area contributed by atoms with Crippen LogP contribution in [0, 0.1) is 0 Å². The van der Waals surface area contributed by atoms with E-state index in [1.807, 2.05) is 6.92 Å². The molecule has 0 N–H and O–H groups in total. The highest BCUT2D eigenvalue weighted by Crippen LogP contribution is 2.09. The van der Waals surface area contributed by atoms with Crippen LogP contribution in [0.3, 0.4) is 0 Å². The first-order valence-corrected chi connectivity index (χ1v) is 4.93. The topological polar surface area (TPSA) is 43.4 Å². The first-order chi connectivity index (χ1) is 6.06. The van der Waals surface area contributed by atoms with Gasteiger partial charge in [0, 0.05) is 18.8 Å². The average molecular weight is 202 g/mol. The second-order valence-corrected chi connectivity index (χ2v) is 3.88. The fraction of sp³-hybridized carbons (Fsp3) is 0.556. The van der Waals surface area contributed by atoms with E-state index in [9.17, 15) is 9.59 Å². The van der Waals surface area contributed by atoms with Crippen molar-refractivity contribution in [3.63, 3.8) is 0 Å². The maximum atomic E-state index is 10.7. The van der Waals surface area contributed by atoms with Crippen molar-refractivity contribution < 1.29 is 14.3 Å². The predicted octanol–water partition coefficient (Wildman–Crippen LogP) is 1.78. The third kappa shape index (κ3) is 7.59. The van der Waals surface area contributed by atoms with Crippen LogP contribution in [0.4, 0.5) is 0 Å². The van der Waals surface area contributed by atoms with Crippen molar-refractivity contribution in [2.75, 3.05) is 12.9 Å². The molecule has 0 amide bonds. The molecule has 0 unspecified atom stereocenters. The summed E-state index contributed by atoms with van der Waals surface area (Å²) in [4.78, 5) is 21.3. The molecule has 4 heteroatoms. The van der Waals surface area contributed by atoms with Gasteiger partial charge in [0.1, 0.15) is 0 Å². The molecule has 0 bridgehead atoms. The van der Waals surface area contributed by atoms with Gasteiger partial charge in [0.2, 0.25) is 0 Å². The molecule has 0 aromatic carbocycles. The Balaban J connectivity index is 3.73. The Morgan fingerprint density at radius 3 is 2.46 bits per heavy atom. The molecule has 0 aliphatic rings. The maximum Gasteiger partial charge on any atom is 0.330 e. The molecule has 0 aromatic heterocycles. The molecule has 0 rings (SSSR count). The summed E-state index contributed by atoms with van der Waals surface area (Å²) in [6.45, 7) is 3.38. The van der Waals surface area contributed by atoms with Gasteiger partial charge in [0.25, 0.3) is 0 Å². The highest BCUT2D eigenvalue weighted by molar-refractivity contribution is 8.13. The van der Waals surface area contributed by atoms with Crippen molar-refractivity contribution in [3.8, 4) is 0 Å². The van der Waals surface area contributed by atoms with Gasteiger partial charge in [-0.3, -0.25) is 4.79 Å². The Labute approximate surface area is 82.5 Å². The lowest BCUT2D eigenvalue weighted by molar-refractivity contribution is -0.134. The summed E-state index contributed by atoms with van der Waals surface area (Å²) in [5.74, 6) is 0.375. The highest BCUT2D eigenvalue weighted by Gasteiger charge is 1.98. The number of esters is 1. The second kappa shape index (κ2) is 6.71. The monoisotopic (exact) mass is 202 g/mol. The van der Waals surface area contributed by atoms with E-state index in [2.05, 4.69) is 4.74 Å². The largest absolute Gasteiger partial charge is 0.466 e. The van der Waals surface area contributed by atoms with Crippen LogP contribution >= 0.6 is 11.8 Å². The molecule has 0 atom stereocenters. The van der Waals surface area contributed by atoms with Crippen LogP contribution in [0.5, 0.6) is 0 Å². The molecule has 0 aliphatic carbocycles. The normalized spacial score (nSPS) is 11.2. The maximum absolute atomic E-state index is 10.7. The number of carbonyl (C=O) groups excluding carboxylic acids is 2. The van der Waals surface area contributed by atoms with Gasteiger partial charge < -0.3 is 4.74 Å². The van der Waals surface area contributed by atoms with Gasteiger partial charge >= 0.3 is 5.97 Å². The standard InChI is InChI=1S/C9H14O3S/c1-7(6-9(11)12-3)4-5-13-8(2)10/h6H,4-5H2,1-3H3/b7-6-. The fourth-order valence-electron chi connectivity index (χ4n) is 0.688. The number of methoxy groups -OCH3 is 1. The van der Waals surface area contributed by atoms with E-state index in [0.717, 1.165) is 12.0 Å². The number of ether oxygens (including phenoxy) is 1. The molecule has 0 aliphatic heterocycles. The summed E-state index contributed by atoms with van der Waals surface area (Å²) in [5.41, 5.74) is 0.931. The Morgan fingerprint density at radius 1 is 1.38 bits per heavy atom.